The highest BCUT2D eigenvalue weighted by Crippen LogP contribution is 1.97. The van der Waals surface area contributed by atoms with Gasteiger partial charge < -0.3 is 10.4 Å². The summed E-state index contributed by atoms with van der Waals surface area (Å²) in [7, 11) is 0. The molecule has 98 valence electrons. The molecule has 0 saturated heterocycles. The molecule has 2 N–H and O–H groups in total. The van der Waals surface area contributed by atoms with E-state index in [1.165, 1.54) is 18.5 Å². The molecule has 0 fully saturated rings. The zero-order chi connectivity index (χ0) is 13.5. The molecule has 7 heteroatoms. The summed E-state index contributed by atoms with van der Waals surface area (Å²) in [6, 6.07) is 0.602. The zero-order valence-corrected chi connectivity index (χ0v) is 10.00. The standard InChI is InChI=1S/C11H15N3O4/c1-2-4-8(10(16)17)13-9(15)7-14-6-3-5-12-11(14)18/h3,5-6,8H,2,4,7H2,1H3,(H,13,15)(H,16,17)/t8-/m0/s1. The van der Waals surface area contributed by atoms with Gasteiger partial charge in [0.25, 0.3) is 0 Å². The average Bonchev–Trinajstić information content (AvgIpc) is 2.31. The van der Waals surface area contributed by atoms with E-state index in [0.717, 1.165) is 4.57 Å². The quantitative estimate of drug-likeness (QED) is 0.719. The van der Waals surface area contributed by atoms with E-state index >= 15 is 0 Å². The van der Waals surface area contributed by atoms with Crippen LogP contribution in [-0.4, -0.2) is 32.6 Å². The van der Waals surface area contributed by atoms with Crippen LogP contribution in [-0.2, 0) is 16.1 Å². The van der Waals surface area contributed by atoms with E-state index in [4.69, 9.17) is 5.11 Å². The number of amides is 1. The topological polar surface area (TPSA) is 101 Å². The van der Waals surface area contributed by atoms with Crippen molar-refractivity contribution in [1.82, 2.24) is 14.9 Å². The molecule has 0 radical (unpaired) electrons. The Balaban J connectivity index is 2.63. The highest BCUT2D eigenvalue weighted by molar-refractivity contribution is 5.83. The Labute approximate surface area is 103 Å². The summed E-state index contributed by atoms with van der Waals surface area (Å²) < 4.78 is 1.11. The van der Waals surface area contributed by atoms with Gasteiger partial charge in [0.1, 0.15) is 12.6 Å². The maximum Gasteiger partial charge on any atom is 0.347 e. The van der Waals surface area contributed by atoms with Gasteiger partial charge in [0.2, 0.25) is 5.91 Å². The minimum atomic E-state index is -1.08. The molecule has 18 heavy (non-hydrogen) atoms. The molecule has 0 spiro atoms. The smallest absolute Gasteiger partial charge is 0.347 e. The number of hydrogen-bond donors (Lipinski definition) is 2. The van der Waals surface area contributed by atoms with Crippen LogP contribution in [0.5, 0.6) is 0 Å². The molecule has 0 aromatic carbocycles. The summed E-state index contributed by atoms with van der Waals surface area (Å²) in [6.45, 7) is 1.59. The second-order valence-electron chi connectivity index (χ2n) is 3.78. The van der Waals surface area contributed by atoms with Crippen molar-refractivity contribution in [3.63, 3.8) is 0 Å². The second kappa shape index (κ2) is 6.53. The lowest BCUT2D eigenvalue weighted by molar-refractivity contribution is -0.142. The molecule has 0 bridgehead atoms. The Morgan fingerprint density at radius 2 is 2.28 bits per heavy atom. The first kappa shape index (κ1) is 13.9. The van der Waals surface area contributed by atoms with Gasteiger partial charge in [-0.1, -0.05) is 13.3 Å². The number of carboxylic acid groups (broad SMARTS) is 1. The van der Waals surface area contributed by atoms with E-state index in [9.17, 15) is 14.4 Å². The van der Waals surface area contributed by atoms with Crippen molar-refractivity contribution in [2.75, 3.05) is 0 Å². The average molecular weight is 253 g/mol. The molecule has 0 aliphatic heterocycles. The predicted molar refractivity (Wildman–Crippen MR) is 63.0 cm³/mol. The minimum Gasteiger partial charge on any atom is -0.480 e. The maximum atomic E-state index is 11.6. The lowest BCUT2D eigenvalue weighted by Crippen LogP contribution is -2.43. The first-order chi connectivity index (χ1) is 8.54. The van der Waals surface area contributed by atoms with Crippen LogP contribution < -0.4 is 11.0 Å². The Bertz CT molecular complexity index is 483. The van der Waals surface area contributed by atoms with E-state index in [1.54, 1.807) is 0 Å². The molecular weight excluding hydrogens is 238 g/mol. The van der Waals surface area contributed by atoms with Crippen molar-refractivity contribution in [2.45, 2.75) is 32.4 Å². The summed E-state index contributed by atoms with van der Waals surface area (Å²) in [5.41, 5.74) is -0.546. The maximum absolute atomic E-state index is 11.6. The van der Waals surface area contributed by atoms with Gasteiger partial charge in [0, 0.05) is 12.4 Å². The van der Waals surface area contributed by atoms with Gasteiger partial charge in [-0.15, -0.1) is 0 Å². The van der Waals surface area contributed by atoms with Crippen molar-refractivity contribution in [3.8, 4) is 0 Å². The van der Waals surface area contributed by atoms with Gasteiger partial charge in [-0.05, 0) is 12.5 Å². The number of aliphatic carboxylic acids is 1. The SMILES string of the molecule is CCC[C@H](NC(=O)Cn1cccnc1=O)C(=O)O. The largest absolute Gasteiger partial charge is 0.480 e. The Morgan fingerprint density at radius 1 is 1.56 bits per heavy atom. The zero-order valence-electron chi connectivity index (χ0n) is 10.00. The first-order valence-corrected chi connectivity index (χ1v) is 5.58. The van der Waals surface area contributed by atoms with Crippen LogP contribution in [0.4, 0.5) is 0 Å². The number of carboxylic acids is 1. The molecule has 1 heterocycles. The third-order valence-electron chi connectivity index (χ3n) is 2.31. The van der Waals surface area contributed by atoms with Gasteiger partial charge in [0.05, 0.1) is 0 Å². The van der Waals surface area contributed by atoms with Crippen LogP contribution >= 0.6 is 0 Å². The van der Waals surface area contributed by atoms with Gasteiger partial charge in [-0.2, -0.15) is 0 Å². The molecule has 0 aliphatic rings. The molecule has 0 unspecified atom stereocenters. The molecule has 7 nitrogen and oxygen atoms in total. The van der Waals surface area contributed by atoms with Crippen LogP contribution in [0.3, 0.4) is 0 Å². The number of carbonyl (C=O) groups is 2. The first-order valence-electron chi connectivity index (χ1n) is 5.58. The molecular formula is C11H15N3O4. The summed E-state index contributed by atoms with van der Waals surface area (Å²) in [6.07, 6.45) is 3.74. The number of hydrogen-bond acceptors (Lipinski definition) is 4. The molecule has 1 aromatic heterocycles. The Kier molecular flexibility index (Phi) is 5.04. The summed E-state index contributed by atoms with van der Waals surface area (Å²) in [5, 5.41) is 11.2. The van der Waals surface area contributed by atoms with Crippen LogP contribution in [0.15, 0.2) is 23.3 Å². The number of nitrogens with zero attached hydrogens (tertiary/aromatic N) is 2. The van der Waals surface area contributed by atoms with Crippen LogP contribution in [0, 0.1) is 0 Å². The fraction of sp³-hybridized carbons (Fsp3) is 0.455. The van der Waals surface area contributed by atoms with Crippen molar-refractivity contribution in [3.05, 3.63) is 28.9 Å². The third kappa shape index (κ3) is 4.00. The molecule has 0 aliphatic carbocycles. The molecule has 1 aromatic rings. The normalized spacial score (nSPS) is 11.8. The van der Waals surface area contributed by atoms with Crippen molar-refractivity contribution >= 4 is 11.9 Å². The van der Waals surface area contributed by atoms with E-state index in [2.05, 4.69) is 10.3 Å². The van der Waals surface area contributed by atoms with Crippen LogP contribution in [0.2, 0.25) is 0 Å². The number of aromatic nitrogens is 2. The molecule has 1 rings (SSSR count). The van der Waals surface area contributed by atoms with Gasteiger partial charge in [-0.25, -0.2) is 14.6 Å². The monoisotopic (exact) mass is 253 g/mol. The number of rotatable bonds is 6. The van der Waals surface area contributed by atoms with Crippen molar-refractivity contribution in [2.24, 2.45) is 0 Å². The van der Waals surface area contributed by atoms with E-state index in [0.29, 0.717) is 12.8 Å². The highest BCUT2D eigenvalue weighted by atomic mass is 16.4. The van der Waals surface area contributed by atoms with Gasteiger partial charge in [0.15, 0.2) is 0 Å². The van der Waals surface area contributed by atoms with E-state index in [1.807, 2.05) is 6.92 Å². The third-order valence-corrected chi connectivity index (χ3v) is 2.31. The Morgan fingerprint density at radius 3 is 2.83 bits per heavy atom. The fourth-order valence-corrected chi connectivity index (χ4v) is 1.45. The minimum absolute atomic E-state index is 0.236. The van der Waals surface area contributed by atoms with E-state index < -0.39 is 23.6 Å². The molecule has 0 saturated carbocycles. The fourth-order valence-electron chi connectivity index (χ4n) is 1.45. The molecule has 1 atom stereocenters. The van der Waals surface area contributed by atoms with Crippen LogP contribution in [0.25, 0.3) is 0 Å². The lowest BCUT2D eigenvalue weighted by atomic mass is 10.1. The Hall–Kier alpha value is -2.18. The van der Waals surface area contributed by atoms with E-state index in [-0.39, 0.29) is 6.54 Å². The molecule has 1 amide bonds. The summed E-state index contributed by atoms with van der Waals surface area (Å²) in [4.78, 5) is 37.2. The number of carbonyl (C=O) groups excluding carboxylic acids is 1. The van der Waals surface area contributed by atoms with Gasteiger partial charge in [-0.3, -0.25) is 9.36 Å². The van der Waals surface area contributed by atoms with Crippen molar-refractivity contribution in [1.29, 1.82) is 0 Å². The van der Waals surface area contributed by atoms with Crippen LogP contribution in [0.1, 0.15) is 19.8 Å². The summed E-state index contributed by atoms with van der Waals surface area (Å²) >= 11 is 0. The number of nitrogens with one attached hydrogen (secondary N) is 1. The second-order valence-corrected chi connectivity index (χ2v) is 3.78. The van der Waals surface area contributed by atoms with Crippen molar-refractivity contribution < 1.29 is 14.7 Å². The highest BCUT2D eigenvalue weighted by Gasteiger charge is 2.18. The predicted octanol–water partition coefficient (Wildman–Crippen LogP) is -0.387. The summed E-state index contributed by atoms with van der Waals surface area (Å²) in [5.74, 6) is -1.60. The van der Waals surface area contributed by atoms with Gasteiger partial charge >= 0.3 is 11.7 Å². The lowest BCUT2D eigenvalue weighted by Gasteiger charge is -2.13.